The van der Waals surface area contributed by atoms with Gasteiger partial charge in [0.2, 0.25) is 5.91 Å². The van der Waals surface area contributed by atoms with Crippen molar-refractivity contribution >= 4 is 11.6 Å². The molecule has 0 heterocycles. The van der Waals surface area contributed by atoms with Gasteiger partial charge in [0.25, 0.3) is 0 Å². The maximum Gasteiger partial charge on any atom is 0.229 e. The minimum absolute atomic E-state index is 0.107. The highest BCUT2D eigenvalue weighted by Crippen LogP contribution is 2.58. The molecule has 1 aliphatic rings. The van der Waals surface area contributed by atoms with Crippen molar-refractivity contribution in [2.24, 2.45) is 17.3 Å². The van der Waals surface area contributed by atoms with Crippen molar-refractivity contribution in [3.8, 4) is 12.3 Å². The lowest BCUT2D eigenvalue weighted by Crippen LogP contribution is -2.17. The minimum Gasteiger partial charge on any atom is -0.326 e. The molecule has 0 aromatic heterocycles. The largest absolute Gasteiger partial charge is 0.326 e. The second-order valence-electron chi connectivity index (χ2n) is 5.09. The third-order valence-corrected chi connectivity index (χ3v) is 3.42. The lowest BCUT2D eigenvalue weighted by molar-refractivity contribution is -0.118. The molecule has 0 aliphatic heterocycles. The van der Waals surface area contributed by atoms with Gasteiger partial charge in [0, 0.05) is 17.7 Å². The molecule has 0 unspecified atom stereocenters. The van der Waals surface area contributed by atoms with E-state index in [0.717, 1.165) is 18.2 Å². The molecule has 0 saturated heterocycles. The lowest BCUT2D eigenvalue weighted by atomic mass is 10.1. The molecular formula is C14H13F2NO. The molecule has 1 aromatic rings. The molecule has 0 bridgehead atoms. The topological polar surface area (TPSA) is 29.1 Å². The lowest BCUT2D eigenvalue weighted by Gasteiger charge is -2.06. The Morgan fingerprint density at radius 2 is 1.89 bits per heavy atom. The van der Waals surface area contributed by atoms with Crippen LogP contribution in [0.3, 0.4) is 0 Å². The molecule has 1 amide bonds. The summed E-state index contributed by atoms with van der Waals surface area (Å²) in [5.74, 6) is 0.366. The third-order valence-electron chi connectivity index (χ3n) is 3.42. The predicted octanol–water partition coefficient (Wildman–Crippen LogP) is 2.81. The summed E-state index contributed by atoms with van der Waals surface area (Å²) in [5, 5.41) is 2.49. The van der Waals surface area contributed by atoms with E-state index in [1.54, 1.807) is 0 Å². The van der Waals surface area contributed by atoms with E-state index in [4.69, 9.17) is 6.42 Å². The van der Waals surface area contributed by atoms with E-state index in [0.29, 0.717) is 0 Å². The Bertz CT molecular complexity index is 525. The first-order valence-corrected chi connectivity index (χ1v) is 5.59. The maximum absolute atomic E-state index is 13.0. The molecule has 1 saturated carbocycles. The number of rotatable bonds is 2. The molecule has 1 N–H and O–H groups in total. The highest BCUT2D eigenvalue weighted by Gasteiger charge is 2.61. The fourth-order valence-corrected chi connectivity index (χ4v) is 2.28. The quantitative estimate of drug-likeness (QED) is 0.802. The van der Waals surface area contributed by atoms with Gasteiger partial charge in [0.05, 0.1) is 5.92 Å². The van der Waals surface area contributed by atoms with Gasteiger partial charge >= 0.3 is 0 Å². The first-order valence-electron chi connectivity index (χ1n) is 5.59. The van der Waals surface area contributed by atoms with E-state index in [1.165, 1.54) is 0 Å². The molecule has 2 atom stereocenters. The predicted molar refractivity (Wildman–Crippen MR) is 64.6 cm³/mol. The molecular weight excluding hydrogens is 236 g/mol. The highest BCUT2D eigenvalue weighted by molar-refractivity contribution is 5.95. The second kappa shape index (κ2) is 4.09. The minimum atomic E-state index is -0.728. The van der Waals surface area contributed by atoms with E-state index in [1.807, 2.05) is 13.8 Å². The summed E-state index contributed by atoms with van der Waals surface area (Å²) in [6, 6.07) is 2.89. The molecule has 4 heteroatoms. The molecule has 1 aromatic carbocycles. The average molecular weight is 249 g/mol. The van der Waals surface area contributed by atoms with E-state index in [2.05, 4.69) is 11.2 Å². The van der Waals surface area contributed by atoms with Crippen LogP contribution in [0.15, 0.2) is 18.2 Å². The molecule has 18 heavy (non-hydrogen) atoms. The molecule has 0 spiro atoms. The summed E-state index contributed by atoms with van der Waals surface area (Å²) in [6.45, 7) is 3.79. The third kappa shape index (κ3) is 2.08. The first-order chi connectivity index (χ1) is 8.36. The van der Waals surface area contributed by atoms with Crippen LogP contribution in [0.25, 0.3) is 0 Å². The van der Waals surface area contributed by atoms with Crippen molar-refractivity contribution < 1.29 is 13.6 Å². The summed E-state index contributed by atoms with van der Waals surface area (Å²) in [4.78, 5) is 11.9. The zero-order valence-electron chi connectivity index (χ0n) is 10.1. The highest BCUT2D eigenvalue weighted by atomic mass is 19.1. The summed E-state index contributed by atoms with van der Waals surface area (Å²) in [7, 11) is 0. The zero-order valence-corrected chi connectivity index (χ0v) is 10.1. The fraction of sp³-hybridized carbons (Fsp3) is 0.357. The molecule has 2 nitrogen and oxygen atoms in total. The summed E-state index contributed by atoms with van der Waals surface area (Å²) in [5.41, 5.74) is -0.152. The summed E-state index contributed by atoms with van der Waals surface area (Å²) >= 11 is 0. The normalized spacial score (nSPS) is 24.2. The van der Waals surface area contributed by atoms with Crippen molar-refractivity contribution in [3.63, 3.8) is 0 Å². The number of hydrogen-bond acceptors (Lipinski definition) is 1. The summed E-state index contributed by atoms with van der Waals surface area (Å²) < 4.78 is 25.9. The summed E-state index contributed by atoms with van der Waals surface area (Å²) in [6.07, 6.45) is 5.33. The van der Waals surface area contributed by atoms with Crippen molar-refractivity contribution in [3.05, 3.63) is 29.8 Å². The van der Waals surface area contributed by atoms with Gasteiger partial charge in [-0.25, -0.2) is 8.78 Å². The number of nitrogens with one attached hydrogen (secondary N) is 1. The van der Waals surface area contributed by atoms with Crippen LogP contribution in [0, 0.1) is 41.2 Å². The van der Waals surface area contributed by atoms with Gasteiger partial charge in [-0.2, -0.15) is 0 Å². The first kappa shape index (κ1) is 12.6. The Morgan fingerprint density at radius 3 is 2.33 bits per heavy atom. The van der Waals surface area contributed by atoms with Gasteiger partial charge in [-0.3, -0.25) is 4.79 Å². The number of carbonyl (C=O) groups excluding carboxylic acids is 1. The number of anilines is 1. The standard InChI is InChI=1S/C14H13F2NO/c1-4-11-12(14(11,2)3)13(18)17-10-6-8(15)5-9(16)7-10/h1,5-7,11-12H,2-3H3,(H,17,18)/t11-,12+/m1/s1. The number of amides is 1. The monoisotopic (exact) mass is 249 g/mol. The van der Waals surface area contributed by atoms with Gasteiger partial charge in [-0.05, 0) is 17.5 Å². The number of halogens is 2. The van der Waals surface area contributed by atoms with Crippen LogP contribution in [0.4, 0.5) is 14.5 Å². The Balaban J connectivity index is 2.12. The number of benzene rings is 1. The number of hydrogen-bond donors (Lipinski definition) is 1. The molecule has 2 rings (SSSR count). The van der Waals surface area contributed by atoms with Gasteiger partial charge in [-0.15, -0.1) is 12.3 Å². The van der Waals surface area contributed by atoms with Crippen molar-refractivity contribution in [2.45, 2.75) is 13.8 Å². The van der Waals surface area contributed by atoms with Crippen molar-refractivity contribution in [2.75, 3.05) is 5.32 Å². The molecule has 94 valence electrons. The Kier molecular flexibility index (Phi) is 2.86. The van der Waals surface area contributed by atoms with Crippen LogP contribution in [-0.4, -0.2) is 5.91 Å². The zero-order chi connectivity index (χ0) is 13.5. The van der Waals surface area contributed by atoms with Crippen LogP contribution in [-0.2, 0) is 4.79 Å². The molecule has 0 radical (unpaired) electrons. The molecule has 1 aliphatic carbocycles. The maximum atomic E-state index is 13.0. The van der Waals surface area contributed by atoms with Gasteiger partial charge in [0.1, 0.15) is 11.6 Å². The Labute approximate surface area is 104 Å². The van der Waals surface area contributed by atoms with E-state index in [9.17, 15) is 13.6 Å². The molecule has 1 fully saturated rings. The van der Waals surface area contributed by atoms with Crippen LogP contribution >= 0.6 is 0 Å². The van der Waals surface area contributed by atoms with Crippen molar-refractivity contribution in [1.82, 2.24) is 0 Å². The van der Waals surface area contributed by atoms with Gasteiger partial charge in [-0.1, -0.05) is 13.8 Å². The second-order valence-corrected chi connectivity index (χ2v) is 5.09. The Morgan fingerprint density at radius 1 is 1.33 bits per heavy atom. The van der Waals surface area contributed by atoms with Crippen LogP contribution in [0.5, 0.6) is 0 Å². The van der Waals surface area contributed by atoms with Crippen LogP contribution < -0.4 is 5.32 Å². The van der Waals surface area contributed by atoms with Gasteiger partial charge in [0.15, 0.2) is 0 Å². The number of carbonyl (C=O) groups is 1. The Hall–Kier alpha value is -1.89. The number of terminal acetylenes is 1. The van der Waals surface area contributed by atoms with Gasteiger partial charge < -0.3 is 5.32 Å². The van der Waals surface area contributed by atoms with Crippen LogP contribution in [0.1, 0.15) is 13.8 Å². The average Bonchev–Trinajstić information content (AvgIpc) is 2.78. The SMILES string of the molecule is C#C[C@@H]1[C@@H](C(=O)Nc2cc(F)cc(F)c2)C1(C)C. The van der Waals surface area contributed by atoms with Crippen molar-refractivity contribution in [1.29, 1.82) is 0 Å². The van der Waals surface area contributed by atoms with E-state index >= 15 is 0 Å². The van der Waals surface area contributed by atoms with E-state index < -0.39 is 11.6 Å². The smallest absolute Gasteiger partial charge is 0.229 e. The fourth-order valence-electron chi connectivity index (χ4n) is 2.28. The van der Waals surface area contributed by atoms with Crippen LogP contribution in [0.2, 0.25) is 0 Å². The van der Waals surface area contributed by atoms with E-state index in [-0.39, 0.29) is 28.8 Å².